The minimum atomic E-state index is -0.773. The maximum absolute atomic E-state index is 12.1. The molecule has 0 unspecified atom stereocenters. The Hall–Kier alpha value is -2.08. The standard InChI is InChI=1S/C19H27N3O3/c1-2-13-5-7-15(8-6-13)20-19(25)21-16-9-17(10-16)22(12-18(23)24)11-14-3-4-14/h5-8,14,16-17H,2-4,9-12H2,1H3,(H,23,24)(H2,20,21,25). The molecule has 0 spiro atoms. The molecule has 0 aromatic heterocycles. The second-order valence-corrected chi connectivity index (χ2v) is 7.24. The average Bonchev–Trinajstić information content (AvgIpc) is 3.34. The summed E-state index contributed by atoms with van der Waals surface area (Å²) in [5.41, 5.74) is 2.02. The van der Waals surface area contributed by atoms with Crippen molar-refractivity contribution in [3.8, 4) is 0 Å². The fourth-order valence-corrected chi connectivity index (χ4v) is 3.33. The lowest BCUT2D eigenvalue weighted by atomic mass is 9.85. The van der Waals surface area contributed by atoms with Crippen LogP contribution in [0.4, 0.5) is 10.5 Å². The van der Waals surface area contributed by atoms with Gasteiger partial charge >= 0.3 is 12.0 Å². The van der Waals surface area contributed by atoms with Gasteiger partial charge in [0.15, 0.2) is 0 Å². The van der Waals surface area contributed by atoms with Crippen LogP contribution in [0.2, 0.25) is 0 Å². The van der Waals surface area contributed by atoms with Crippen molar-refractivity contribution in [2.75, 3.05) is 18.4 Å². The van der Waals surface area contributed by atoms with E-state index in [1.165, 1.54) is 18.4 Å². The van der Waals surface area contributed by atoms with E-state index >= 15 is 0 Å². The number of carbonyl (C=O) groups is 2. The van der Waals surface area contributed by atoms with Gasteiger partial charge in [-0.1, -0.05) is 19.1 Å². The predicted octanol–water partition coefficient (Wildman–Crippen LogP) is 2.70. The van der Waals surface area contributed by atoms with Crippen LogP contribution in [0.25, 0.3) is 0 Å². The number of nitrogens with one attached hydrogen (secondary N) is 2. The van der Waals surface area contributed by atoms with E-state index in [9.17, 15) is 9.59 Å². The molecule has 2 aliphatic rings. The topological polar surface area (TPSA) is 81.7 Å². The molecule has 1 aromatic rings. The van der Waals surface area contributed by atoms with Crippen LogP contribution in [0, 0.1) is 5.92 Å². The molecule has 2 amide bonds. The maximum Gasteiger partial charge on any atom is 0.319 e. The van der Waals surface area contributed by atoms with E-state index in [1.807, 2.05) is 24.3 Å². The summed E-state index contributed by atoms with van der Waals surface area (Å²) in [5, 5.41) is 14.9. The molecule has 0 saturated heterocycles. The number of hydrogen-bond acceptors (Lipinski definition) is 3. The van der Waals surface area contributed by atoms with E-state index in [1.54, 1.807) is 0 Å². The molecule has 0 atom stereocenters. The molecular weight excluding hydrogens is 318 g/mol. The lowest BCUT2D eigenvalue weighted by molar-refractivity contribution is -0.139. The first-order valence-corrected chi connectivity index (χ1v) is 9.15. The fourth-order valence-electron chi connectivity index (χ4n) is 3.33. The Balaban J connectivity index is 1.42. The largest absolute Gasteiger partial charge is 0.480 e. The monoisotopic (exact) mass is 345 g/mol. The lowest BCUT2D eigenvalue weighted by Crippen LogP contribution is -2.55. The van der Waals surface area contributed by atoms with Crippen molar-refractivity contribution >= 4 is 17.7 Å². The zero-order valence-corrected chi connectivity index (χ0v) is 14.7. The summed E-state index contributed by atoms with van der Waals surface area (Å²) in [5.74, 6) is -0.105. The first kappa shape index (κ1) is 17.7. The number of aryl methyl sites for hydroxylation is 1. The second-order valence-electron chi connectivity index (χ2n) is 7.24. The third-order valence-corrected chi connectivity index (χ3v) is 5.11. The quantitative estimate of drug-likeness (QED) is 0.677. The summed E-state index contributed by atoms with van der Waals surface area (Å²) >= 11 is 0. The van der Waals surface area contributed by atoms with Crippen molar-refractivity contribution in [2.45, 2.75) is 51.1 Å². The average molecular weight is 345 g/mol. The number of aliphatic carboxylic acids is 1. The van der Waals surface area contributed by atoms with E-state index in [2.05, 4.69) is 22.5 Å². The Morgan fingerprint density at radius 1 is 1.20 bits per heavy atom. The van der Waals surface area contributed by atoms with Gasteiger partial charge in [0.2, 0.25) is 0 Å². The molecule has 0 heterocycles. The highest BCUT2D eigenvalue weighted by Gasteiger charge is 2.37. The van der Waals surface area contributed by atoms with Gasteiger partial charge in [0.1, 0.15) is 0 Å². The number of carbonyl (C=O) groups excluding carboxylic acids is 1. The van der Waals surface area contributed by atoms with Gasteiger partial charge < -0.3 is 15.7 Å². The summed E-state index contributed by atoms with van der Waals surface area (Å²) in [6, 6.07) is 8.03. The van der Waals surface area contributed by atoms with Gasteiger partial charge in [0, 0.05) is 24.3 Å². The number of rotatable bonds is 8. The first-order chi connectivity index (χ1) is 12.0. The van der Waals surface area contributed by atoms with Crippen molar-refractivity contribution in [2.24, 2.45) is 5.92 Å². The first-order valence-electron chi connectivity index (χ1n) is 9.15. The van der Waals surface area contributed by atoms with Crippen molar-refractivity contribution in [1.29, 1.82) is 0 Å². The van der Waals surface area contributed by atoms with Gasteiger partial charge in [-0.15, -0.1) is 0 Å². The van der Waals surface area contributed by atoms with Crippen LogP contribution >= 0.6 is 0 Å². The van der Waals surface area contributed by atoms with Crippen LogP contribution in [-0.4, -0.2) is 47.2 Å². The summed E-state index contributed by atoms with van der Waals surface area (Å²) in [7, 11) is 0. The minimum absolute atomic E-state index is 0.101. The van der Waals surface area contributed by atoms with Crippen LogP contribution in [0.1, 0.15) is 38.2 Å². The summed E-state index contributed by atoms with van der Waals surface area (Å²) < 4.78 is 0. The molecule has 0 radical (unpaired) electrons. The molecule has 2 aliphatic carbocycles. The zero-order chi connectivity index (χ0) is 17.8. The van der Waals surface area contributed by atoms with E-state index in [4.69, 9.17) is 5.11 Å². The number of benzene rings is 1. The molecule has 6 heteroatoms. The van der Waals surface area contributed by atoms with Crippen molar-refractivity contribution < 1.29 is 14.7 Å². The van der Waals surface area contributed by atoms with Gasteiger partial charge in [-0.2, -0.15) is 0 Å². The third kappa shape index (κ3) is 5.19. The Morgan fingerprint density at radius 2 is 1.88 bits per heavy atom. The van der Waals surface area contributed by atoms with Crippen LogP contribution in [0.3, 0.4) is 0 Å². The molecule has 25 heavy (non-hydrogen) atoms. The molecule has 136 valence electrons. The number of nitrogens with zero attached hydrogens (tertiary/aromatic N) is 1. The number of anilines is 1. The number of carboxylic acids is 1. The van der Waals surface area contributed by atoms with E-state index < -0.39 is 5.97 Å². The van der Waals surface area contributed by atoms with Crippen molar-refractivity contribution in [1.82, 2.24) is 10.2 Å². The highest BCUT2D eigenvalue weighted by molar-refractivity contribution is 5.89. The van der Waals surface area contributed by atoms with Gasteiger partial charge in [-0.05, 0) is 55.7 Å². The highest BCUT2D eigenvalue weighted by atomic mass is 16.4. The Bertz CT molecular complexity index is 607. The minimum Gasteiger partial charge on any atom is -0.480 e. The molecular formula is C19H27N3O3. The Labute approximate surface area is 148 Å². The van der Waals surface area contributed by atoms with Gasteiger partial charge in [-0.3, -0.25) is 9.69 Å². The molecule has 3 rings (SSSR count). The zero-order valence-electron chi connectivity index (χ0n) is 14.7. The summed E-state index contributed by atoms with van der Waals surface area (Å²) in [6.45, 7) is 3.07. The molecule has 0 aliphatic heterocycles. The SMILES string of the molecule is CCc1ccc(NC(=O)NC2CC(N(CC(=O)O)CC3CC3)C2)cc1. The number of amides is 2. The van der Waals surface area contributed by atoms with Crippen LogP contribution in [0.15, 0.2) is 24.3 Å². The molecule has 2 fully saturated rings. The molecule has 6 nitrogen and oxygen atoms in total. The molecule has 3 N–H and O–H groups in total. The third-order valence-electron chi connectivity index (χ3n) is 5.11. The lowest BCUT2D eigenvalue weighted by Gasteiger charge is -2.42. The van der Waals surface area contributed by atoms with Gasteiger partial charge in [-0.25, -0.2) is 4.79 Å². The van der Waals surface area contributed by atoms with Crippen LogP contribution < -0.4 is 10.6 Å². The highest BCUT2D eigenvalue weighted by Crippen LogP contribution is 2.33. The van der Waals surface area contributed by atoms with E-state index in [0.29, 0.717) is 5.92 Å². The second kappa shape index (κ2) is 7.87. The smallest absolute Gasteiger partial charge is 0.319 e. The summed E-state index contributed by atoms with van der Waals surface area (Å²) in [6.07, 6.45) is 5.04. The van der Waals surface area contributed by atoms with Crippen molar-refractivity contribution in [3.05, 3.63) is 29.8 Å². The number of urea groups is 1. The van der Waals surface area contributed by atoms with Gasteiger partial charge in [0.05, 0.1) is 6.54 Å². The van der Waals surface area contributed by atoms with Crippen LogP contribution in [0.5, 0.6) is 0 Å². The summed E-state index contributed by atoms with van der Waals surface area (Å²) in [4.78, 5) is 25.2. The normalized spacial score (nSPS) is 22.3. The molecule has 1 aromatic carbocycles. The van der Waals surface area contributed by atoms with Gasteiger partial charge in [0.25, 0.3) is 0 Å². The number of hydrogen-bond donors (Lipinski definition) is 3. The maximum atomic E-state index is 12.1. The Morgan fingerprint density at radius 3 is 2.44 bits per heavy atom. The number of carboxylic acid groups (broad SMARTS) is 1. The predicted molar refractivity (Wildman–Crippen MR) is 96.7 cm³/mol. The Kier molecular flexibility index (Phi) is 5.58. The molecule has 0 bridgehead atoms. The van der Waals surface area contributed by atoms with E-state index in [-0.39, 0.29) is 24.7 Å². The van der Waals surface area contributed by atoms with Crippen molar-refractivity contribution in [3.63, 3.8) is 0 Å². The van der Waals surface area contributed by atoms with Crippen LogP contribution in [-0.2, 0) is 11.2 Å². The fraction of sp³-hybridized carbons (Fsp3) is 0.579. The van der Waals surface area contributed by atoms with E-state index in [0.717, 1.165) is 31.5 Å². The molecule has 2 saturated carbocycles.